The number of carboxylic acid groups (broad SMARTS) is 1. The van der Waals surface area contributed by atoms with Crippen molar-refractivity contribution in [2.45, 2.75) is 19.4 Å². The quantitative estimate of drug-likeness (QED) is 0.610. The number of allylic oxidation sites excluding steroid dienone is 1. The van der Waals surface area contributed by atoms with Crippen LogP contribution in [0.3, 0.4) is 0 Å². The van der Waals surface area contributed by atoms with Gasteiger partial charge in [-0.25, -0.2) is 4.79 Å². The van der Waals surface area contributed by atoms with Crippen molar-refractivity contribution in [3.8, 4) is 0 Å². The number of unbranched alkanes of at least 4 members (excludes halogenated alkanes) is 1. The smallest absolute Gasteiger partial charge is 0.340 e. The Morgan fingerprint density at radius 1 is 1.42 bits per heavy atom. The number of hydrogen-bond acceptors (Lipinski definition) is 3. The monoisotopic (exact) mass is 260 g/mol. The summed E-state index contributed by atoms with van der Waals surface area (Å²) < 4.78 is 11.0. The molecule has 0 aliphatic heterocycles. The Morgan fingerprint density at radius 2 is 2.21 bits per heavy atom. The molecule has 1 aromatic carbocycles. The van der Waals surface area contributed by atoms with Crippen molar-refractivity contribution in [2.24, 2.45) is 0 Å². The molecule has 2 rings (SSSR count). The van der Waals surface area contributed by atoms with Crippen LogP contribution in [0, 0.1) is 0 Å². The van der Waals surface area contributed by atoms with Crippen LogP contribution in [-0.4, -0.2) is 17.7 Å². The van der Waals surface area contributed by atoms with Gasteiger partial charge in [-0.1, -0.05) is 24.3 Å². The molecule has 1 N–H and O–H groups in total. The van der Waals surface area contributed by atoms with Gasteiger partial charge in [-0.05, 0) is 18.9 Å². The van der Waals surface area contributed by atoms with E-state index < -0.39 is 5.97 Å². The van der Waals surface area contributed by atoms with Crippen LogP contribution in [0.25, 0.3) is 11.0 Å². The fourth-order valence-corrected chi connectivity index (χ4v) is 1.93. The van der Waals surface area contributed by atoms with E-state index >= 15 is 0 Å². The molecule has 0 aliphatic carbocycles. The van der Waals surface area contributed by atoms with Crippen molar-refractivity contribution in [1.29, 1.82) is 0 Å². The molecule has 0 fully saturated rings. The molecule has 0 unspecified atom stereocenters. The fraction of sp³-hybridized carbons (Fsp3) is 0.267. The Kier molecular flexibility index (Phi) is 4.36. The van der Waals surface area contributed by atoms with Crippen molar-refractivity contribution in [2.75, 3.05) is 6.61 Å². The molecular weight excluding hydrogens is 244 g/mol. The van der Waals surface area contributed by atoms with E-state index in [0.29, 0.717) is 23.3 Å². The lowest BCUT2D eigenvalue weighted by Gasteiger charge is -2.01. The first kappa shape index (κ1) is 13.4. The zero-order valence-electron chi connectivity index (χ0n) is 10.6. The van der Waals surface area contributed by atoms with E-state index in [1.807, 2.05) is 12.1 Å². The topological polar surface area (TPSA) is 59.7 Å². The Balaban J connectivity index is 2.15. The molecular formula is C15H16O4. The van der Waals surface area contributed by atoms with Gasteiger partial charge in [-0.3, -0.25) is 0 Å². The lowest BCUT2D eigenvalue weighted by Crippen LogP contribution is -2.02. The Labute approximate surface area is 111 Å². The van der Waals surface area contributed by atoms with Crippen molar-refractivity contribution in [3.05, 3.63) is 48.2 Å². The first-order valence-electron chi connectivity index (χ1n) is 6.16. The lowest BCUT2D eigenvalue weighted by molar-refractivity contribution is 0.0681. The molecule has 0 atom stereocenters. The molecule has 0 spiro atoms. The maximum absolute atomic E-state index is 11.3. The molecule has 0 saturated carbocycles. The predicted octanol–water partition coefficient (Wildman–Crippen LogP) is 3.61. The van der Waals surface area contributed by atoms with Gasteiger partial charge in [0.2, 0.25) is 0 Å². The molecule has 0 bridgehead atoms. The zero-order chi connectivity index (χ0) is 13.7. The standard InChI is InChI=1S/C15H16O4/c1-2-3-6-9-18-10-13-14(15(16)17)11-7-4-5-8-12(11)19-13/h2,4-5,7-8H,1,3,6,9-10H2,(H,16,17). The minimum atomic E-state index is -0.991. The van der Waals surface area contributed by atoms with E-state index in [-0.39, 0.29) is 12.2 Å². The number of hydrogen-bond donors (Lipinski definition) is 1. The van der Waals surface area contributed by atoms with E-state index in [2.05, 4.69) is 6.58 Å². The summed E-state index contributed by atoms with van der Waals surface area (Å²) in [5.74, 6) is -0.623. The van der Waals surface area contributed by atoms with Crippen molar-refractivity contribution >= 4 is 16.9 Å². The molecule has 0 aliphatic rings. The van der Waals surface area contributed by atoms with Crippen LogP contribution >= 0.6 is 0 Å². The number of para-hydroxylation sites is 1. The molecule has 19 heavy (non-hydrogen) atoms. The van der Waals surface area contributed by atoms with Gasteiger partial charge in [0.05, 0.1) is 0 Å². The van der Waals surface area contributed by atoms with Crippen molar-refractivity contribution in [3.63, 3.8) is 0 Å². The van der Waals surface area contributed by atoms with E-state index in [0.717, 1.165) is 12.8 Å². The second kappa shape index (κ2) is 6.20. The third kappa shape index (κ3) is 3.03. The third-order valence-electron chi connectivity index (χ3n) is 2.81. The van der Waals surface area contributed by atoms with Crippen LogP contribution in [0.4, 0.5) is 0 Å². The highest BCUT2D eigenvalue weighted by molar-refractivity contribution is 6.03. The summed E-state index contributed by atoms with van der Waals surface area (Å²) in [5, 5.41) is 9.88. The number of fused-ring (bicyclic) bond motifs is 1. The first-order valence-corrected chi connectivity index (χ1v) is 6.16. The summed E-state index contributed by atoms with van der Waals surface area (Å²) in [6.07, 6.45) is 3.57. The maximum Gasteiger partial charge on any atom is 0.340 e. The molecule has 0 radical (unpaired) electrons. The molecule has 4 nitrogen and oxygen atoms in total. The molecule has 2 aromatic rings. The van der Waals surface area contributed by atoms with Crippen LogP contribution in [0.15, 0.2) is 41.3 Å². The summed E-state index contributed by atoms with van der Waals surface area (Å²) in [6, 6.07) is 7.09. The summed E-state index contributed by atoms with van der Waals surface area (Å²) in [7, 11) is 0. The number of rotatable bonds is 7. The number of aromatic carboxylic acids is 1. The molecule has 4 heteroatoms. The van der Waals surface area contributed by atoms with E-state index in [9.17, 15) is 9.90 Å². The minimum absolute atomic E-state index is 0.174. The number of carbonyl (C=O) groups is 1. The molecule has 1 heterocycles. The highest BCUT2D eigenvalue weighted by atomic mass is 16.5. The third-order valence-corrected chi connectivity index (χ3v) is 2.81. The highest BCUT2D eigenvalue weighted by Gasteiger charge is 2.19. The second-order valence-electron chi connectivity index (χ2n) is 4.19. The van der Waals surface area contributed by atoms with E-state index in [1.54, 1.807) is 18.2 Å². The van der Waals surface area contributed by atoms with Crippen molar-refractivity contribution in [1.82, 2.24) is 0 Å². The van der Waals surface area contributed by atoms with Gasteiger partial charge in [0, 0.05) is 12.0 Å². The summed E-state index contributed by atoms with van der Waals surface area (Å²) in [6.45, 7) is 4.36. The number of carboxylic acids is 1. The Morgan fingerprint density at radius 3 is 2.95 bits per heavy atom. The zero-order valence-corrected chi connectivity index (χ0v) is 10.6. The average molecular weight is 260 g/mol. The van der Waals surface area contributed by atoms with Crippen LogP contribution in [-0.2, 0) is 11.3 Å². The molecule has 100 valence electrons. The highest BCUT2D eigenvalue weighted by Crippen LogP contribution is 2.26. The first-order chi connectivity index (χ1) is 9.24. The molecule has 0 amide bonds. The minimum Gasteiger partial charge on any atom is -0.478 e. The van der Waals surface area contributed by atoms with Gasteiger partial charge in [0.15, 0.2) is 0 Å². The van der Waals surface area contributed by atoms with E-state index in [1.165, 1.54) is 0 Å². The lowest BCUT2D eigenvalue weighted by atomic mass is 10.1. The van der Waals surface area contributed by atoms with Gasteiger partial charge in [0.25, 0.3) is 0 Å². The predicted molar refractivity (Wildman–Crippen MR) is 72.3 cm³/mol. The van der Waals surface area contributed by atoms with Gasteiger partial charge in [-0.2, -0.15) is 0 Å². The maximum atomic E-state index is 11.3. The van der Waals surface area contributed by atoms with Gasteiger partial charge in [0.1, 0.15) is 23.5 Å². The normalized spacial score (nSPS) is 10.7. The number of furan rings is 1. The van der Waals surface area contributed by atoms with E-state index in [4.69, 9.17) is 9.15 Å². The van der Waals surface area contributed by atoms with Crippen LogP contribution in [0.2, 0.25) is 0 Å². The largest absolute Gasteiger partial charge is 0.478 e. The number of benzene rings is 1. The second-order valence-corrected chi connectivity index (χ2v) is 4.19. The summed E-state index contributed by atoms with van der Waals surface area (Å²) >= 11 is 0. The molecule has 0 saturated heterocycles. The fourth-order valence-electron chi connectivity index (χ4n) is 1.93. The summed E-state index contributed by atoms with van der Waals surface area (Å²) in [5.41, 5.74) is 0.768. The SMILES string of the molecule is C=CCCCOCc1oc2ccccc2c1C(=O)O. The Hall–Kier alpha value is -2.07. The van der Waals surface area contributed by atoms with Crippen LogP contribution in [0.1, 0.15) is 29.0 Å². The van der Waals surface area contributed by atoms with Gasteiger partial charge in [-0.15, -0.1) is 6.58 Å². The average Bonchev–Trinajstić information content (AvgIpc) is 2.76. The van der Waals surface area contributed by atoms with Gasteiger partial charge < -0.3 is 14.3 Å². The summed E-state index contributed by atoms with van der Waals surface area (Å²) in [4.78, 5) is 11.3. The van der Waals surface area contributed by atoms with Crippen molar-refractivity contribution < 1.29 is 19.1 Å². The number of ether oxygens (including phenoxy) is 1. The Bertz CT molecular complexity index is 583. The molecule has 1 aromatic heterocycles. The van der Waals surface area contributed by atoms with Crippen LogP contribution in [0.5, 0.6) is 0 Å². The van der Waals surface area contributed by atoms with Crippen LogP contribution < -0.4 is 0 Å². The van der Waals surface area contributed by atoms with Gasteiger partial charge >= 0.3 is 5.97 Å².